The molecule has 5 heteroatoms. The molecule has 0 radical (unpaired) electrons. The van der Waals surface area contributed by atoms with Crippen molar-refractivity contribution in [1.29, 1.82) is 0 Å². The quantitative estimate of drug-likeness (QED) is 0.0848. The number of aryl methyl sites for hydroxylation is 1. The van der Waals surface area contributed by atoms with Gasteiger partial charge in [0, 0.05) is 13.0 Å². The molecule has 0 aromatic heterocycles. The Morgan fingerprint density at radius 3 is 1.88 bits per heavy atom. The van der Waals surface area contributed by atoms with Crippen molar-refractivity contribution >= 4 is 16.9 Å². The van der Waals surface area contributed by atoms with Gasteiger partial charge in [-0.2, -0.15) is 0 Å². The number of hydrogen-bond acceptors (Lipinski definition) is 5. The summed E-state index contributed by atoms with van der Waals surface area (Å²) in [6, 6.07) is 38.9. The minimum Gasteiger partial charge on any atom is -0.497 e. The molecule has 0 saturated carbocycles. The maximum Gasteiger partial charge on any atom is 0.189 e. The predicted molar refractivity (Wildman–Crippen MR) is 178 cm³/mol. The first-order valence-corrected chi connectivity index (χ1v) is 16.2. The van der Waals surface area contributed by atoms with Crippen LogP contribution in [0.4, 0.5) is 0 Å². The minimum atomic E-state index is -0.887. The van der Waals surface area contributed by atoms with Crippen LogP contribution in [0.3, 0.4) is 0 Å². The number of benzene rings is 4. The zero-order chi connectivity index (χ0) is 30.2. The van der Waals surface area contributed by atoms with Gasteiger partial charge in [-0.1, -0.05) is 141 Å². The Labute approximate surface area is 261 Å². The van der Waals surface area contributed by atoms with Crippen molar-refractivity contribution in [2.24, 2.45) is 0 Å². The number of ether oxygens (including phenoxy) is 3. The van der Waals surface area contributed by atoms with Gasteiger partial charge in [-0.05, 0) is 47.2 Å². The van der Waals surface area contributed by atoms with Crippen molar-refractivity contribution in [3.8, 4) is 5.75 Å². The Balaban J connectivity index is 1.60. The van der Waals surface area contributed by atoms with Gasteiger partial charge >= 0.3 is 0 Å². The highest BCUT2D eigenvalue weighted by Gasteiger charge is 2.38. The molecule has 0 aliphatic heterocycles. The molecule has 0 aliphatic rings. The molecule has 0 fully saturated rings. The van der Waals surface area contributed by atoms with E-state index in [9.17, 15) is 4.79 Å². The molecule has 43 heavy (non-hydrogen) atoms. The van der Waals surface area contributed by atoms with Crippen LogP contribution in [-0.2, 0) is 26.3 Å². The van der Waals surface area contributed by atoms with Crippen molar-refractivity contribution in [2.75, 3.05) is 26.9 Å². The highest BCUT2D eigenvalue weighted by molar-refractivity contribution is 8.14. The van der Waals surface area contributed by atoms with E-state index in [0.717, 1.165) is 41.7 Å². The van der Waals surface area contributed by atoms with E-state index < -0.39 is 5.60 Å². The molecule has 4 nitrogen and oxygen atoms in total. The SMILES string of the molecule is CCCCCCOC[C@H](COC(c1ccccc1)(c1ccccc1)c1ccc(OC)cc1)SC(=O)CCc1ccccc1. The van der Waals surface area contributed by atoms with Crippen molar-refractivity contribution in [3.63, 3.8) is 0 Å². The number of unbranched alkanes of at least 4 members (excludes halogenated alkanes) is 3. The van der Waals surface area contributed by atoms with E-state index in [2.05, 4.69) is 55.5 Å². The highest BCUT2D eigenvalue weighted by Crippen LogP contribution is 2.41. The summed E-state index contributed by atoms with van der Waals surface area (Å²) in [5.74, 6) is 0.785. The molecule has 0 heterocycles. The number of thioether (sulfide) groups is 1. The van der Waals surface area contributed by atoms with Gasteiger partial charge in [-0.15, -0.1) is 0 Å². The minimum absolute atomic E-state index is 0.153. The Kier molecular flexibility index (Phi) is 13.4. The fraction of sp³-hybridized carbons (Fsp3) is 0.342. The van der Waals surface area contributed by atoms with E-state index in [0.29, 0.717) is 26.2 Å². The van der Waals surface area contributed by atoms with Crippen LogP contribution in [0.1, 0.15) is 61.3 Å². The molecular formula is C38H44O4S. The van der Waals surface area contributed by atoms with Crippen LogP contribution in [0, 0.1) is 0 Å². The van der Waals surface area contributed by atoms with Crippen LogP contribution in [0.2, 0.25) is 0 Å². The van der Waals surface area contributed by atoms with Crippen LogP contribution >= 0.6 is 11.8 Å². The molecule has 4 aromatic carbocycles. The zero-order valence-corrected chi connectivity index (χ0v) is 26.3. The maximum atomic E-state index is 13.2. The molecule has 0 aliphatic carbocycles. The number of methoxy groups -OCH3 is 1. The first kappa shape index (κ1) is 32.5. The lowest BCUT2D eigenvalue weighted by atomic mass is 9.80. The number of rotatable bonds is 18. The number of carbonyl (C=O) groups is 1. The van der Waals surface area contributed by atoms with Gasteiger partial charge in [0.2, 0.25) is 0 Å². The normalized spacial score (nSPS) is 12.1. The van der Waals surface area contributed by atoms with Gasteiger partial charge in [0.05, 0.1) is 25.6 Å². The third-order valence-corrected chi connectivity index (χ3v) is 8.62. The molecule has 0 unspecified atom stereocenters. The summed E-state index contributed by atoms with van der Waals surface area (Å²) >= 11 is 1.36. The summed E-state index contributed by atoms with van der Waals surface area (Å²) in [5.41, 5.74) is 3.31. The summed E-state index contributed by atoms with van der Waals surface area (Å²) in [5, 5.41) is 0.000928. The largest absolute Gasteiger partial charge is 0.497 e. The van der Waals surface area contributed by atoms with Crippen LogP contribution < -0.4 is 4.74 Å². The predicted octanol–water partition coefficient (Wildman–Crippen LogP) is 8.86. The lowest BCUT2D eigenvalue weighted by Gasteiger charge is -2.37. The van der Waals surface area contributed by atoms with Crippen molar-refractivity contribution in [3.05, 3.63) is 138 Å². The van der Waals surface area contributed by atoms with Crippen molar-refractivity contribution in [2.45, 2.75) is 56.3 Å². The second-order valence-electron chi connectivity index (χ2n) is 10.7. The monoisotopic (exact) mass is 596 g/mol. The maximum absolute atomic E-state index is 13.2. The van der Waals surface area contributed by atoms with E-state index in [4.69, 9.17) is 14.2 Å². The van der Waals surface area contributed by atoms with Gasteiger partial charge in [0.15, 0.2) is 5.12 Å². The molecule has 0 spiro atoms. The van der Waals surface area contributed by atoms with E-state index >= 15 is 0 Å². The van der Waals surface area contributed by atoms with E-state index in [1.54, 1.807) is 7.11 Å². The third-order valence-electron chi connectivity index (χ3n) is 7.55. The summed E-state index contributed by atoms with van der Waals surface area (Å²) in [4.78, 5) is 13.2. The average Bonchev–Trinajstić information content (AvgIpc) is 3.07. The van der Waals surface area contributed by atoms with Crippen molar-refractivity contribution < 1.29 is 19.0 Å². The lowest BCUT2D eigenvalue weighted by Crippen LogP contribution is -2.36. The standard InChI is InChI=1S/C38H44O4S/c1-3-4-5-15-28-41-29-36(43-37(39)27-22-31-16-9-6-10-17-31)30-42-38(32-18-11-7-12-19-32,33-20-13-8-14-21-33)34-23-25-35(40-2)26-24-34/h6-14,16-21,23-26,36H,3-5,15,22,27-30H2,1-2H3/t36-/m1/s1. The summed E-state index contributed by atoms with van der Waals surface area (Å²) in [6.07, 6.45) is 5.78. The molecule has 0 amide bonds. The Morgan fingerprint density at radius 2 is 1.30 bits per heavy atom. The van der Waals surface area contributed by atoms with Gasteiger partial charge < -0.3 is 14.2 Å². The van der Waals surface area contributed by atoms with Gasteiger partial charge in [-0.25, -0.2) is 0 Å². The Morgan fingerprint density at radius 1 is 0.721 bits per heavy atom. The van der Waals surface area contributed by atoms with Crippen LogP contribution in [0.15, 0.2) is 115 Å². The van der Waals surface area contributed by atoms with Gasteiger partial charge in [0.1, 0.15) is 11.4 Å². The molecule has 0 N–H and O–H groups in total. The van der Waals surface area contributed by atoms with Crippen LogP contribution in [0.25, 0.3) is 0 Å². The topological polar surface area (TPSA) is 44.8 Å². The van der Waals surface area contributed by atoms with E-state index in [-0.39, 0.29) is 10.4 Å². The Bertz CT molecular complexity index is 1290. The number of hydrogen-bond donors (Lipinski definition) is 0. The lowest BCUT2D eigenvalue weighted by molar-refractivity contribution is -0.111. The number of carbonyl (C=O) groups excluding carboxylic acids is 1. The second-order valence-corrected chi connectivity index (χ2v) is 12.0. The van der Waals surface area contributed by atoms with E-state index in [1.165, 1.54) is 30.2 Å². The van der Waals surface area contributed by atoms with Crippen LogP contribution in [-0.4, -0.2) is 37.3 Å². The molecule has 4 aromatic rings. The zero-order valence-electron chi connectivity index (χ0n) is 25.5. The average molecular weight is 597 g/mol. The summed E-state index contributed by atoms with van der Waals surface area (Å²) < 4.78 is 18.7. The van der Waals surface area contributed by atoms with Crippen LogP contribution in [0.5, 0.6) is 5.75 Å². The first-order valence-electron chi connectivity index (χ1n) is 15.4. The smallest absolute Gasteiger partial charge is 0.189 e. The summed E-state index contributed by atoms with van der Waals surface area (Å²) in [7, 11) is 1.67. The highest BCUT2D eigenvalue weighted by atomic mass is 32.2. The first-order chi connectivity index (χ1) is 21.2. The molecule has 226 valence electrons. The molecule has 0 saturated heterocycles. The molecule has 1 atom stereocenters. The second kappa shape index (κ2) is 17.7. The molecule has 0 bridgehead atoms. The molecular weight excluding hydrogens is 552 g/mol. The third kappa shape index (κ3) is 9.56. The summed E-state index contributed by atoms with van der Waals surface area (Å²) in [6.45, 7) is 3.69. The Hall–Kier alpha value is -3.38. The van der Waals surface area contributed by atoms with E-state index in [1.807, 2.05) is 66.7 Å². The molecule has 4 rings (SSSR count). The van der Waals surface area contributed by atoms with Crippen molar-refractivity contribution in [1.82, 2.24) is 0 Å². The fourth-order valence-electron chi connectivity index (χ4n) is 5.24. The van der Waals surface area contributed by atoms with Gasteiger partial charge in [-0.3, -0.25) is 4.79 Å². The van der Waals surface area contributed by atoms with Gasteiger partial charge in [0.25, 0.3) is 0 Å². The fourth-order valence-corrected chi connectivity index (χ4v) is 6.13.